The molecule has 128 valence electrons. The van der Waals surface area contributed by atoms with Crippen molar-refractivity contribution in [3.8, 4) is 0 Å². The summed E-state index contributed by atoms with van der Waals surface area (Å²) in [6.45, 7) is 0. The maximum Gasteiger partial charge on any atom is 0.347 e. The Morgan fingerprint density at radius 1 is 1.21 bits per heavy atom. The molecule has 1 aromatic carbocycles. The summed E-state index contributed by atoms with van der Waals surface area (Å²) in [6, 6.07) is 7.78. The Hall–Kier alpha value is -2.53. The molecule has 0 aromatic heterocycles. The van der Waals surface area contributed by atoms with E-state index in [0.717, 1.165) is 32.1 Å². The number of hydrogen-bond donors (Lipinski definition) is 0. The number of carbonyl (C=O) groups excluding carboxylic acids is 2. The van der Waals surface area contributed by atoms with E-state index in [4.69, 9.17) is 15.0 Å². The Labute approximate surface area is 140 Å². The van der Waals surface area contributed by atoms with E-state index in [9.17, 15) is 9.59 Å². The molecule has 1 saturated carbocycles. The molecule has 7 nitrogen and oxygen atoms in total. The molecule has 2 atom stereocenters. The minimum Gasteiger partial charge on any atom is -0.466 e. The highest BCUT2D eigenvalue weighted by Gasteiger charge is 2.35. The molecule has 0 amide bonds. The Morgan fingerprint density at radius 3 is 2.46 bits per heavy atom. The summed E-state index contributed by atoms with van der Waals surface area (Å²) in [6.07, 6.45) is 3.27. The third-order valence-corrected chi connectivity index (χ3v) is 4.22. The van der Waals surface area contributed by atoms with Gasteiger partial charge in [-0.1, -0.05) is 54.7 Å². The first-order valence-corrected chi connectivity index (χ1v) is 8.05. The van der Waals surface area contributed by atoms with Gasteiger partial charge < -0.3 is 9.47 Å². The molecule has 2 rings (SSSR count). The third-order valence-electron chi connectivity index (χ3n) is 4.22. The normalized spacial score (nSPS) is 17.2. The lowest BCUT2D eigenvalue weighted by molar-refractivity contribution is -0.171. The highest BCUT2D eigenvalue weighted by Crippen LogP contribution is 2.29. The van der Waals surface area contributed by atoms with Gasteiger partial charge in [0.05, 0.1) is 13.0 Å². The van der Waals surface area contributed by atoms with E-state index in [1.165, 1.54) is 7.11 Å². The average Bonchev–Trinajstić information content (AvgIpc) is 2.65. The number of azide groups is 1. The van der Waals surface area contributed by atoms with Crippen LogP contribution in [0, 0.1) is 5.92 Å². The standard InChI is InChI=1S/C17H21N3O4/c1-23-17(22)15(24-16(21)13-10-6-3-7-11-13)14(19-20-18)12-8-4-2-5-9-12/h2,4-5,8-9,13-15H,3,6-7,10-11H2,1H3/t14-,15-/m1/s1. The fourth-order valence-corrected chi connectivity index (χ4v) is 2.93. The summed E-state index contributed by atoms with van der Waals surface area (Å²) in [5.41, 5.74) is 9.44. The number of nitrogens with zero attached hydrogens (tertiary/aromatic N) is 3. The molecule has 1 aromatic rings. The number of rotatable bonds is 6. The van der Waals surface area contributed by atoms with Crippen LogP contribution in [-0.2, 0) is 19.1 Å². The first kappa shape index (κ1) is 17.8. The van der Waals surface area contributed by atoms with Crippen LogP contribution in [0.3, 0.4) is 0 Å². The lowest BCUT2D eigenvalue weighted by atomic mass is 9.89. The van der Waals surface area contributed by atoms with E-state index in [1.807, 2.05) is 0 Å². The van der Waals surface area contributed by atoms with Crippen molar-refractivity contribution in [1.29, 1.82) is 0 Å². The summed E-state index contributed by atoms with van der Waals surface area (Å²) >= 11 is 0. The minimum absolute atomic E-state index is 0.214. The van der Waals surface area contributed by atoms with Crippen LogP contribution in [-0.4, -0.2) is 25.2 Å². The number of esters is 2. The topological polar surface area (TPSA) is 101 Å². The van der Waals surface area contributed by atoms with Crippen molar-refractivity contribution in [1.82, 2.24) is 0 Å². The molecule has 1 aliphatic rings. The van der Waals surface area contributed by atoms with Crippen LogP contribution in [0.25, 0.3) is 10.4 Å². The molecule has 0 aliphatic heterocycles. The highest BCUT2D eigenvalue weighted by atomic mass is 16.6. The Morgan fingerprint density at radius 2 is 1.88 bits per heavy atom. The minimum atomic E-state index is -1.29. The van der Waals surface area contributed by atoms with Crippen LogP contribution in [0.4, 0.5) is 0 Å². The fraction of sp³-hybridized carbons (Fsp3) is 0.529. The summed E-state index contributed by atoms with van der Waals surface area (Å²) in [5, 5.41) is 3.66. The molecule has 24 heavy (non-hydrogen) atoms. The lowest BCUT2D eigenvalue weighted by Gasteiger charge is -2.26. The maximum absolute atomic E-state index is 12.4. The van der Waals surface area contributed by atoms with Gasteiger partial charge in [0.2, 0.25) is 6.10 Å². The molecule has 0 spiro atoms. The lowest BCUT2D eigenvalue weighted by Crippen LogP contribution is -2.36. The van der Waals surface area contributed by atoms with Crippen molar-refractivity contribution in [3.63, 3.8) is 0 Å². The van der Waals surface area contributed by atoms with Gasteiger partial charge in [0.25, 0.3) is 0 Å². The zero-order chi connectivity index (χ0) is 17.4. The molecule has 0 unspecified atom stereocenters. The quantitative estimate of drug-likeness (QED) is 0.343. The van der Waals surface area contributed by atoms with Crippen LogP contribution in [0.5, 0.6) is 0 Å². The molecule has 0 radical (unpaired) electrons. The van der Waals surface area contributed by atoms with Crippen LogP contribution in [0.2, 0.25) is 0 Å². The van der Waals surface area contributed by atoms with Gasteiger partial charge in [-0.3, -0.25) is 4.79 Å². The second-order valence-corrected chi connectivity index (χ2v) is 5.78. The van der Waals surface area contributed by atoms with Crippen molar-refractivity contribution in [2.45, 2.75) is 44.2 Å². The van der Waals surface area contributed by atoms with Crippen molar-refractivity contribution < 1.29 is 19.1 Å². The molecule has 0 N–H and O–H groups in total. The largest absolute Gasteiger partial charge is 0.466 e. The van der Waals surface area contributed by atoms with Gasteiger partial charge in [0.15, 0.2) is 0 Å². The number of benzene rings is 1. The molecule has 1 fully saturated rings. The number of hydrogen-bond acceptors (Lipinski definition) is 5. The second kappa shape index (κ2) is 8.93. The molecule has 7 heteroatoms. The Balaban J connectivity index is 2.23. The average molecular weight is 331 g/mol. The molecule has 0 bridgehead atoms. The van der Waals surface area contributed by atoms with E-state index >= 15 is 0 Å². The van der Waals surface area contributed by atoms with Gasteiger partial charge in [-0.15, -0.1) is 0 Å². The van der Waals surface area contributed by atoms with Gasteiger partial charge >= 0.3 is 11.9 Å². The zero-order valence-corrected chi connectivity index (χ0v) is 13.6. The predicted molar refractivity (Wildman–Crippen MR) is 86.8 cm³/mol. The van der Waals surface area contributed by atoms with E-state index < -0.39 is 24.1 Å². The Kier molecular flexibility index (Phi) is 6.63. The van der Waals surface area contributed by atoms with E-state index in [0.29, 0.717) is 5.56 Å². The van der Waals surface area contributed by atoms with Crippen LogP contribution in [0.15, 0.2) is 35.4 Å². The van der Waals surface area contributed by atoms with E-state index in [-0.39, 0.29) is 5.92 Å². The van der Waals surface area contributed by atoms with Crippen molar-refractivity contribution in [2.24, 2.45) is 11.0 Å². The summed E-state index contributed by atoms with van der Waals surface area (Å²) in [4.78, 5) is 27.3. The molecule has 1 aliphatic carbocycles. The van der Waals surface area contributed by atoms with Crippen LogP contribution >= 0.6 is 0 Å². The van der Waals surface area contributed by atoms with E-state index in [2.05, 4.69) is 10.0 Å². The first-order chi connectivity index (χ1) is 11.7. The van der Waals surface area contributed by atoms with Gasteiger partial charge in [0.1, 0.15) is 6.04 Å². The molecule has 0 heterocycles. The first-order valence-electron chi connectivity index (χ1n) is 8.05. The third kappa shape index (κ3) is 4.49. The van der Waals surface area contributed by atoms with Crippen LogP contribution < -0.4 is 0 Å². The SMILES string of the molecule is COC(=O)[C@H](OC(=O)C1CCCCC1)[C@H](N=[N+]=[N-])c1ccccc1. The number of ether oxygens (including phenoxy) is 2. The number of methoxy groups -OCH3 is 1. The zero-order valence-electron chi connectivity index (χ0n) is 13.6. The molecular formula is C17H21N3O4. The molecule has 0 saturated heterocycles. The van der Waals surface area contributed by atoms with Gasteiger partial charge in [-0.2, -0.15) is 0 Å². The summed E-state index contributed by atoms with van der Waals surface area (Å²) < 4.78 is 10.2. The maximum atomic E-state index is 12.4. The Bertz CT molecular complexity index is 608. The van der Waals surface area contributed by atoms with Gasteiger partial charge in [0, 0.05) is 4.91 Å². The van der Waals surface area contributed by atoms with Crippen LogP contribution in [0.1, 0.15) is 43.7 Å². The highest BCUT2D eigenvalue weighted by molar-refractivity contribution is 5.81. The van der Waals surface area contributed by atoms with Gasteiger partial charge in [-0.25, -0.2) is 4.79 Å². The monoisotopic (exact) mass is 331 g/mol. The fourth-order valence-electron chi connectivity index (χ4n) is 2.93. The smallest absolute Gasteiger partial charge is 0.347 e. The van der Waals surface area contributed by atoms with E-state index in [1.54, 1.807) is 30.3 Å². The molecular weight excluding hydrogens is 310 g/mol. The van der Waals surface area contributed by atoms with Crippen molar-refractivity contribution in [2.75, 3.05) is 7.11 Å². The van der Waals surface area contributed by atoms with Crippen molar-refractivity contribution in [3.05, 3.63) is 46.3 Å². The van der Waals surface area contributed by atoms with Gasteiger partial charge in [-0.05, 0) is 23.9 Å². The predicted octanol–water partition coefficient (Wildman–Crippen LogP) is 3.70. The second-order valence-electron chi connectivity index (χ2n) is 5.78. The summed E-state index contributed by atoms with van der Waals surface area (Å²) in [7, 11) is 1.21. The van der Waals surface area contributed by atoms with Crippen molar-refractivity contribution >= 4 is 11.9 Å². The number of carbonyl (C=O) groups is 2. The summed E-state index contributed by atoms with van der Waals surface area (Å²) in [5.74, 6) is -1.38.